The maximum absolute atomic E-state index is 13.2. The van der Waals surface area contributed by atoms with Crippen LogP contribution in [-0.2, 0) is 4.79 Å². The highest BCUT2D eigenvalue weighted by Crippen LogP contribution is 2.35. The first kappa shape index (κ1) is 16.9. The topological polar surface area (TPSA) is 20.3 Å². The number of hydrogen-bond donors (Lipinski definition) is 0. The molecule has 3 rings (SSSR count). The molecule has 0 aliphatic carbocycles. The predicted molar refractivity (Wildman–Crippen MR) is 101 cm³/mol. The summed E-state index contributed by atoms with van der Waals surface area (Å²) in [6.45, 7) is 4.20. The van der Waals surface area contributed by atoms with E-state index in [-0.39, 0.29) is 11.7 Å². The Bertz CT molecular complexity index is 857. The molecule has 0 heterocycles. The van der Waals surface area contributed by atoms with Gasteiger partial charge >= 0.3 is 0 Å². The van der Waals surface area contributed by atoms with Crippen LogP contribution in [-0.4, -0.2) is 6.41 Å². The Morgan fingerprint density at radius 3 is 2.12 bits per heavy atom. The Morgan fingerprint density at radius 1 is 0.880 bits per heavy atom. The van der Waals surface area contributed by atoms with E-state index in [9.17, 15) is 9.18 Å². The Hall–Kier alpha value is -2.94. The standard InChI is InChI=1S/C22H20FNO/c1-16(2)21-13-10-18(17-8-11-19(23)12-9-17)14-22(21)24(15-25)20-6-4-3-5-7-20/h3-16H,1-2H3. The van der Waals surface area contributed by atoms with Crippen molar-refractivity contribution >= 4 is 17.8 Å². The summed E-state index contributed by atoms with van der Waals surface area (Å²) in [5, 5.41) is 0. The van der Waals surface area contributed by atoms with Crippen LogP contribution in [0.3, 0.4) is 0 Å². The lowest BCUT2D eigenvalue weighted by molar-refractivity contribution is -0.106. The van der Waals surface area contributed by atoms with Gasteiger partial charge in [0.15, 0.2) is 0 Å². The van der Waals surface area contributed by atoms with Crippen LogP contribution >= 0.6 is 0 Å². The van der Waals surface area contributed by atoms with Crippen molar-refractivity contribution in [2.24, 2.45) is 0 Å². The summed E-state index contributed by atoms with van der Waals surface area (Å²) in [4.78, 5) is 13.5. The number of nitrogens with zero attached hydrogens (tertiary/aromatic N) is 1. The van der Waals surface area contributed by atoms with E-state index in [0.29, 0.717) is 0 Å². The number of anilines is 2. The first-order valence-electron chi connectivity index (χ1n) is 8.29. The number of halogens is 1. The molecule has 3 aromatic rings. The number of hydrogen-bond acceptors (Lipinski definition) is 1. The van der Waals surface area contributed by atoms with Crippen LogP contribution in [0, 0.1) is 5.82 Å². The van der Waals surface area contributed by atoms with Crippen molar-refractivity contribution in [3.63, 3.8) is 0 Å². The second kappa shape index (κ2) is 7.31. The molecule has 3 aromatic carbocycles. The molecule has 0 unspecified atom stereocenters. The molecule has 0 saturated carbocycles. The quantitative estimate of drug-likeness (QED) is 0.531. The molecule has 0 fully saturated rings. The van der Waals surface area contributed by atoms with Crippen LogP contribution in [0.1, 0.15) is 25.3 Å². The monoisotopic (exact) mass is 333 g/mol. The van der Waals surface area contributed by atoms with Gasteiger partial charge in [-0.3, -0.25) is 9.69 Å². The van der Waals surface area contributed by atoms with Gasteiger partial charge in [-0.2, -0.15) is 0 Å². The minimum Gasteiger partial charge on any atom is -0.283 e. The van der Waals surface area contributed by atoms with Crippen LogP contribution in [0.4, 0.5) is 15.8 Å². The molecule has 0 N–H and O–H groups in total. The summed E-state index contributed by atoms with van der Waals surface area (Å²) < 4.78 is 13.2. The molecule has 2 nitrogen and oxygen atoms in total. The molecule has 0 aromatic heterocycles. The van der Waals surface area contributed by atoms with E-state index in [1.807, 2.05) is 48.5 Å². The van der Waals surface area contributed by atoms with E-state index in [0.717, 1.165) is 34.5 Å². The molecule has 0 spiro atoms. The van der Waals surface area contributed by atoms with Crippen LogP contribution in [0.5, 0.6) is 0 Å². The summed E-state index contributed by atoms with van der Waals surface area (Å²) in [7, 11) is 0. The third-order valence-corrected chi connectivity index (χ3v) is 4.23. The molecule has 0 radical (unpaired) electrons. The van der Waals surface area contributed by atoms with Crippen LogP contribution in [0.25, 0.3) is 11.1 Å². The van der Waals surface area contributed by atoms with Gasteiger partial charge in [-0.1, -0.05) is 56.3 Å². The number of para-hydroxylation sites is 1. The van der Waals surface area contributed by atoms with Gasteiger partial charge in [-0.15, -0.1) is 0 Å². The SMILES string of the molecule is CC(C)c1ccc(-c2ccc(F)cc2)cc1N(C=O)c1ccccc1. The van der Waals surface area contributed by atoms with E-state index >= 15 is 0 Å². The van der Waals surface area contributed by atoms with Crippen molar-refractivity contribution in [3.8, 4) is 11.1 Å². The van der Waals surface area contributed by atoms with Crippen molar-refractivity contribution in [2.75, 3.05) is 4.90 Å². The molecule has 25 heavy (non-hydrogen) atoms. The second-order valence-electron chi connectivity index (χ2n) is 6.25. The second-order valence-corrected chi connectivity index (χ2v) is 6.25. The fourth-order valence-electron chi connectivity index (χ4n) is 2.91. The van der Waals surface area contributed by atoms with Crippen LogP contribution < -0.4 is 4.90 Å². The molecule has 0 aliphatic heterocycles. The maximum Gasteiger partial charge on any atom is 0.218 e. The van der Waals surface area contributed by atoms with Gasteiger partial charge in [-0.25, -0.2) is 4.39 Å². The number of benzene rings is 3. The van der Waals surface area contributed by atoms with Gasteiger partial charge in [0, 0.05) is 5.69 Å². The zero-order valence-corrected chi connectivity index (χ0v) is 14.3. The number of amides is 1. The highest BCUT2D eigenvalue weighted by molar-refractivity contribution is 5.89. The zero-order valence-electron chi connectivity index (χ0n) is 14.3. The third kappa shape index (κ3) is 3.61. The van der Waals surface area contributed by atoms with Crippen molar-refractivity contribution in [2.45, 2.75) is 19.8 Å². The number of carbonyl (C=O) groups is 1. The summed E-state index contributed by atoms with van der Waals surface area (Å²) in [6.07, 6.45) is 0.838. The third-order valence-electron chi connectivity index (χ3n) is 4.23. The largest absolute Gasteiger partial charge is 0.283 e. The van der Waals surface area contributed by atoms with Crippen molar-refractivity contribution in [3.05, 3.63) is 84.2 Å². The lowest BCUT2D eigenvalue weighted by Crippen LogP contribution is -2.16. The highest BCUT2D eigenvalue weighted by atomic mass is 19.1. The van der Waals surface area contributed by atoms with Crippen LogP contribution in [0.2, 0.25) is 0 Å². The van der Waals surface area contributed by atoms with Gasteiger partial charge in [-0.05, 0) is 52.9 Å². The van der Waals surface area contributed by atoms with Gasteiger partial charge in [0.25, 0.3) is 0 Å². The summed E-state index contributed by atoms with van der Waals surface area (Å²) >= 11 is 0. The molecule has 0 saturated heterocycles. The normalized spacial score (nSPS) is 10.7. The molecule has 1 amide bonds. The molecule has 0 atom stereocenters. The number of rotatable bonds is 5. The number of carbonyl (C=O) groups excluding carboxylic acids is 1. The van der Waals surface area contributed by atoms with E-state index in [4.69, 9.17) is 0 Å². The first-order valence-corrected chi connectivity index (χ1v) is 8.29. The van der Waals surface area contributed by atoms with Gasteiger partial charge in [0.1, 0.15) is 5.82 Å². The predicted octanol–water partition coefficient (Wildman–Crippen LogP) is 5.91. The zero-order chi connectivity index (χ0) is 17.8. The van der Waals surface area contributed by atoms with E-state index in [1.54, 1.807) is 17.0 Å². The van der Waals surface area contributed by atoms with Crippen molar-refractivity contribution < 1.29 is 9.18 Å². The van der Waals surface area contributed by atoms with Crippen LogP contribution in [0.15, 0.2) is 72.8 Å². The highest BCUT2D eigenvalue weighted by Gasteiger charge is 2.16. The summed E-state index contributed by atoms with van der Waals surface area (Å²) in [6, 6.07) is 22.0. The van der Waals surface area contributed by atoms with Gasteiger partial charge in [0.05, 0.1) is 5.69 Å². The fraction of sp³-hybridized carbons (Fsp3) is 0.136. The first-order chi connectivity index (χ1) is 12.1. The molecular weight excluding hydrogens is 313 g/mol. The Morgan fingerprint density at radius 2 is 1.52 bits per heavy atom. The lowest BCUT2D eigenvalue weighted by Gasteiger charge is -2.23. The van der Waals surface area contributed by atoms with Gasteiger partial charge < -0.3 is 0 Å². The fourth-order valence-corrected chi connectivity index (χ4v) is 2.91. The average molecular weight is 333 g/mol. The van der Waals surface area contributed by atoms with Crippen molar-refractivity contribution in [1.29, 1.82) is 0 Å². The summed E-state index contributed by atoms with van der Waals surface area (Å²) in [5.74, 6) is 0.00464. The summed E-state index contributed by atoms with van der Waals surface area (Å²) in [5.41, 5.74) is 4.61. The molecule has 0 bridgehead atoms. The van der Waals surface area contributed by atoms with E-state index in [1.165, 1.54) is 12.1 Å². The molecule has 0 aliphatic rings. The van der Waals surface area contributed by atoms with E-state index in [2.05, 4.69) is 13.8 Å². The average Bonchev–Trinajstić information content (AvgIpc) is 2.63. The Balaban J connectivity index is 2.13. The molecule has 3 heteroatoms. The Kier molecular flexibility index (Phi) is 4.94. The minimum atomic E-state index is -0.262. The van der Waals surface area contributed by atoms with E-state index < -0.39 is 0 Å². The smallest absolute Gasteiger partial charge is 0.218 e. The lowest BCUT2D eigenvalue weighted by atomic mass is 9.95. The Labute approximate surface area is 147 Å². The van der Waals surface area contributed by atoms with Crippen molar-refractivity contribution in [1.82, 2.24) is 0 Å². The maximum atomic E-state index is 13.2. The molecule has 126 valence electrons. The van der Waals surface area contributed by atoms with Gasteiger partial charge in [0.2, 0.25) is 6.41 Å². The molecular formula is C22H20FNO. The minimum absolute atomic E-state index is 0.262.